The monoisotopic (exact) mass is 418 g/mol. The first-order valence-corrected chi connectivity index (χ1v) is 10.9. The SMILES string of the molecule is CC1=C(C)[C@H](c2c(-c3ccc(F)cc3)n(C)c3ccccc23)N(C[C@H]2CCCO2)C1=O. The number of benzene rings is 2. The first-order valence-electron chi connectivity index (χ1n) is 10.9. The smallest absolute Gasteiger partial charge is 0.250 e. The summed E-state index contributed by atoms with van der Waals surface area (Å²) < 4.78 is 21.7. The Kier molecular flexibility index (Phi) is 4.94. The van der Waals surface area contributed by atoms with Crippen LogP contribution in [0.3, 0.4) is 0 Å². The molecule has 2 aromatic carbocycles. The molecule has 1 amide bonds. The van der Waals surface area contributed by atoms with E-state index in [-0.39, 0.29) is 23.9 Å². The van der Waals surface area contributed by atoms with E-state index in [1.807, 2.05) is 43.1 Å². The molecule has 4 nitrogen and oxygen atoms in total. The average Bonchev–Trinajstić information content (AvgIpc) is 3.44. The second kappa shape index (κ2) is 7.65. The normalized spacial score (nSPS) is 21.7. The van der Waals surface area contributed by atoms with E-state index in [4.69, 9.17) is 4.74 Å². The number of hydrogen-bond acceptors (Lipinski definition) is 2. The van der Waals surface area contributed by atoms with Crippen molar-refractivity contribution in [1.82, 2.24) is 9.47 Å². The predicted molar refractivity (Wildman–Crippen MR) is 120 cm³/mol. The number of aryl methyl sites for hydroxylation is 1. The minimum Gasteiger partial charge on any atom is -0.376 e. The second-order valence-corrected chi connectivity index (χ2v) is 8.65. The van der Waals surface area contributed by atoms with E-state index in [0.29, 0.717) is 6.54 Å². The van der Waals surface area contributed by atoms with Gasteiger partial charge in [-0.25, -0.2) is 4.39 Å². The van der Waals surface area contributed by atoms with Crippen LogP contribution in [0, 0.1) is 5.82 Å². The van der Waals surface area contributed by atoms with E-state index in [0.717, 1.165) is 58.3 Å². The number of ether oxygens (including phenoxy) is 1. The number of nitrogens with zero attached hydrogens (tertiary/aromatic N) is 2. The molecule has 5 rings (SSSR count). The van der Waals surface area contributed by atoms with Gasteiger partial charge in [0, 0.05) is 42.2 Å². The molecule has 0 N–H and O–H groups in total. The van der Waals surface area contributed by atoms with Crippen LogP contribution in [-0.4, -0.2) is 34.6 Å². The van der Waals surface area contributed by atoms with Gasteiger partial charge in [0.25, 0.3) is 0 Å². The lowest BCUT2D eigenvalue weighted by atomic mass is 9.93. The molecule has 1 fully saturated rings. The van der Waals surface area contributed by atoms with Gasteiger partial charge >= 0.3 is 0 Å². The summed E-state index contributed by atoms with van der Waals surface area (Å²) in [5, 5.41) is 1.12. The van der Waals surface area contributed by atoms with Crippen LogP contribution in [0.1, 0.15) is 38.3 Å². The topological polar surface area (TPSA) is 34.5 Å². The maximum atomic E-state index is 13.7. The summed E-state index contributed by atoms with van der Waals surface area (Å²) >= 11 is 0. The van der Waals surface area contributed by atoms with Gasteiger partial charge in [0.2, 0.25) is 5.91 Å². The van der Waals surface area contributed by atoms with E-state index >= 15 is 0 Å². The van der Waals surface area contributed by atoms with E-state index in [9.17, 15) is 9.18 Å². The molecule has 1 saturated heterocycles. The zero-order chi connectivity index (χ0) is 21.7. The van der Waals surface area contributed by atoms with Crippen LogP contribution in [0.5, 0.6) is 0 Å². The van der Waals surface area contributed by atoms with E-state index in [1.54, 1.807) is 0 Å². The van der Waals surface area contributed by atoms with Crippen molar-refractivity contribution in [3.05, 3.63) is 71.1 Å². The number of amides is 1. The number of hydrogen-bond donors (Lipinski definition) is 0. The molecule has 0 spiro atoms. The van der Waals surface area contributed by atoms with E-state index < -0.39 is 0 Å². The predicted octanol–water partition coefficient (Wildman–Crippen LogP) is 5.38. The van der Waals surface area contributed by atoms with Crippen LogP contribution in [0.2, 0.25) is 0 Å². The van der Waals surface area contributed by atoms with E-state index in [2.05, 4.69) is 23.6 Å². The molecule has 31 heavy (non-hydrogen) atoms. The molecule has 2 atom stereocenters. The fourth-order valence-corrected chi connectivity index (χ4v) is 5.16. The highest BCUT2D eigenvalue weighted by molar-refractivity contribution is 6.00. The number of aromatic nitrogens is 1. The number of carbonyl (C=O) groups is 1. The summed E-state index contributed by atoms with van der Waals surface area (Å²) in [7, 11) is 2.04. The molecule has 160 valence electrons. The molecule has 3 heterocycles. The van der Waals surface area contributed by atoms with Gasteiger partial charge in [0.15, 0.2) is 0 Å². The van der Waals surface area contributed by atoms with Crippen molar-refractivity contribution in [3.8, 4) is 11.3 Å². The molecule has 0 unspecified atom stereocenters. The van der Waals surface area contributed by atoms with Crippen LogP contribution in [0.4, 0.5) is 4.39 Å². The van der Waals surface area contributed by atoms with Gasteiger partial charge in [-0.1, -0.05) is 18.2 Å². The van der Waals surface area contributed by atoms with Crippen molar-refractivity contribution in [3.63, 3.8) is 0 Å². The fraction of sp³-hybridized carbons (Fsp3) is 0.346. The average molecular weight is 419 g/mol. The van der Waals surface area contributed by atoms with Crippen LogP contribution >= 0.6 is 0 Å². The second-order valence-electron chi connectivity index (χ2n) is 8.65. The summed E-state index contributed by atoms with van der Waals surface area (Å²) in [6, 6.07) is 14.7. The Morgan fingerprint density at radius 2 is 1.84 bits per heavy atom. The summed E-state index contributed by atoms with van der Waals surface area (Å²) in [6.45, 7) is 5.33. The minimum absolute atomic E-state index is 0.0781. The van der Waals surface area contributed by atoms with Gasteiger partial charge in [-0.2, -0.15) is 0 Å². The first kappa shape index (κ1) is 20.0. The lowest BCUT2D eigenvalue weighted by Gasteiger charge is -2.30. The number of carbonyl (C=O) groups excluding carboxylic acids is 1. The Balaban J connectivity index is 1.73. The third kappa shape index (κ3) is 3.19. The van der Waals surface area contributed by atoms with Crippen LogP contribution in [0.15, 0.2) is 59.7 Å². The van der Waals surface area contributed by atoms with Crippen molar-refractivity contribution in [1.29, 1.82) is 0 Å². The Hall–Kier alpha value is -2.92. The van der Waals surface area contributed by atoms with Crippen LogP contribution < -0.4 is 0 Å². The number of para-hydroxylation sites is 1. The quantitative estimate of drug-likeness (QED) is 0.570. The Labute approximate surface area is 181 Å². The van der Waals surface area contributed by atoms with Crippen LogP contribution in [0.25, 0.3) is 22.2 Å². The molecule has 0 radical (unpaired) electrons. The minimum atomic E-state index is -0.257. The highest BCUT2D eigenvalue weighted by Crippen LogP contribution is 2.46. The molecule has 0 bridgehead atoms. The Morgan fingerprint density at radius 3 is 2.55 bits per heavy atom. The summed E-state index contributed by atoms with van der Waals surface area (Å²) in [4.78, 5) is 15.3. The third-order valence-electron chi connectivity index (χ3n) is 6.86. The van der Waals surface area contributed by atoms with Crippen molar-refractivity contribution in [2.45, 2.75) is 38.8 Å². The highest BCUT2D eigenvalue weighted by Gasteiger charge is 2.40. The molecule has 2 aliphatic rings. The van der Waals surface area contributed by atoms with Crippen molar-refractivity contribution >= 4 is 16.8 Å². The largest absolute Gasteiger partial charge is 0.376 e. The van der Waals surface area contributed by atoms with Gasteiger partial charge in [0.1, 0.15) is 5.82 Å². The lowest BCUT2D eigenvalue weighted by Crippen LogP contribution is -2.36. The molecule has 3 aromatic rings. The zero-order valence-corrected chi connectivity index (χ0v) is 18.2. The first-order chi connectivity index (χ1) is 15.0. The zero-order valence-electron chi connectivity index (χ0n) is 18.2. The summed E-state index contributed by atoms with van der Waals surface area (Å²) in [6.07, 6.45) is 2.10. The van der Waals surface area contributed by atoms with Crippen LogP contribution in [-0.2, 0) is 16.6 Å². The molecule has 1 aromatic heterocycles. The van der Waals surface area contributed by atoms with E-state index in [1.165, 1.54) is 12.1 Å². The summed E-state index contributed by atoms with van der Waals surface area (Å²) in [5.74, 6) is -0.178. The molecule has 5 heteroatoms. The molecule has 0 saturated carbocycles. The standard InChI is InChI=1S/C26H27FN2O2/c1-16-17(2)26(30)29(15-20-7-6-14-31-20)24(16)23-21-8-4-5-9-22(21)28(3)25(23)18-10-12-19(27)13-11-18/h4-5,8-13,20,24H,6-7,14-15H2,1-3H3/t20-,24-/m1/s1. The van der Waals surface area contributed by atoms with Gasteiger partial charge in [-0.05, 0) is 68.2 Å². The molecule has 2 aliphatic heterocycles. The van der Waals surface area contributed by atoms with Gasteiger partial charge < -0.3 is 14.2 Å². The van der Waals surface area contributed by atoms with Gasteiger partial charge in [-0.3, -0.25) is 4.79 Å². The number of fused-ring (bicyclic) bond motifs is 1. The van der Waals surface area contributed by atoms with Crippen molar-refractivity contribution in [2.75, 3.05) is 13.2 Å². The number of rotatable bonds is 4. The highest BCUT2D eigenvalue weighted by atomic mass is 19.1. The van der Waals surface area contributed by atoms with Crippen molar-refractivity contribution < 1.29 is 13.9 Å². The molecular formula is C26H27FN2O2. The lowest BCUT2D eigenvalue weighted by molar-refractivity contribution is -0.128. The maximum absolute atomic E-state index is 13.7. The Morgan fingerprint density at radius 1 is 1.10 bits per heavy atom. The summed E-state index contributed by atoms with van der Waals surface area (Å²) in [5.41, 5.74) is 6.04. The Bertz CT molecular complexity index is 1190. The molecular weight excluding hydrogens is 391 g/mol. The fourth-order valence-electron chi connectivity index (χ4n) is 5.16. The molecule has 0 aliphatic carbocycles. The third-order valence-corrected chi connectivity index (χ3v) is 6.86. The van der Waals surface area contributed by atoms with Crippen molar-refractivity contribution in [2.24, 2.45) is 7.05 Å². The van der Waals surface area contributed by atoms with Gasteiger partial charge in [0.05, 0.1) is 17.8 Å². The number of halogens is 1. The maximum Gasteiger partial charge on any atom is 0.250 e. The van der Waals surface area contributed by atoms with Gasteiger partial charge in [-0.15, -0.1) is 0 Å².